The third-order valence-corrected chi connectivity index (χ3v) is 2.82. The lowest BCUT2D eigenvalue weighted by Crippen LogP contribution is -2.43. The van der Waals surface area contributed by atoms with E-state index < -0.39 is 0 Å². The second-order valence-corrected chi connectivity index (χ2v) is 5.58. The van der Waals surface area contributed by atoms with Crippen LogP contribution in [0.15, 0.2) is 10.6 Å². The molecule has 1 aromatic heterocycles. The maximum absolute atomic E-state index is 11.9. The number of rotatable bonds is 4. The Balaban J connectivity index is 2.71. The molecule has 0 saturated heterocycles. The van der Waals surface area contributed by atoms with E-state index in [2.05, 4.69) is 31.2 Å². The highest BCUT2D eigenvalue weighted by Gasteiger charge is 2.27. The first-order valence-corrected chi connectivity index (χ1v) is 6.18. The predicted octanol–water partition coefficient (Wildman–Crippen LogP) is 2.76. The molecule has 0 spiro atoms. The van der Waals surface area contributed by atoms with Crippen LogP contribution in [0.25, 0.3) is 0 Å². The van der Waals surface area contributed by atoms with Crippen LogP contribution in [-0.2, 0) is 0 Å². The van der Waals surface area contributed by atoms with Gasteiger partial charge in [0.15, 0.2) is 0 Å². The minimum Gasteiger partial charge on any atom is -0.351 e. The highest BCUT2D eigenvalue weighted by atomic mass is 35.5. The van der Waals surface area contributed by atoms with Crippen LogP contribution in [0.4, 0.5) is 0 Å². The summed E-state index contributed by atoms with van der Waals surface area (Å²) in [5, 5.41) is 6.62. The van der Waals surface area contributed by atoms with Crippen LogP contribution in [0.2, 0.25) is 0 Å². The SMILES string of the molecule is Cc1cc(C(=O)NC(CCCl)C(C)(C)C)on1. The third kappa shape index (κ3) is 4.04. The first kappa shape index (κ1) is 14.0. The molecule has 0 radical (unpaired) electrons. The highest BCUT2D eigenvalue weighted by Crippen LogP contribution is 2.22. The maximum Gasteiger partial charge on any atom is 0.290 e. The van der Waals surface area contributed by atoms with Crippen molar-refractivity contribution < 1.29 is 9.32 Å². The van der Waals surface area contributed by atoms with Gasteiger partial charge in [-0.1, -0.05) is 25.9 Å². The molecular weight excluding hydrogens is 240 g/mol. The molecule has 0 bridgehead atoms. The fourth-order valence-corrected chi connectivity index (χ4v) is 1.75. The number of halogens is 1. The number of carbonyl (C=O) groups excluding carboxylic acids is 1. The lowest BCUT2D eigenvalue weighted by Gasteiger charge is -2.30. The molecule has 0 fully saturated rings. The molecule has 1 unspecified atom stereocenters. The van der Waals surface area contributed by atoms with Crippen LogP contribution in [-0.4, -0.2) is 23.0 Å². The van der Waals surface area contributed by atoms with Crippen molar-refractivity contribution in [3.05, 3.63) is 17.5 Å². The Kier molecular flexibility index (Phi) is 4.57. The van der Waals surface area contributed by atoms with E-state index in [1.54, 1.807) is 13.0 Å². The van der Waals surface area contributed by atoms with Gasteiger partial charge in [-0.05, 0) is 18.8 Å². The Bertz CT molecular complexity index is 382. The Morgan fingerprint density at radius 2 is 2.24 bits per heavy atom. The molecule has 1 atom stereocenters. The van der Waals surface area contributed by atoms with Crippen LogP contribution >= 0.6 is 11.6 Å². The minimum atomic E-state index is -0.240. The van der Waals surface area contributed by atoms with Gasteiger partial charge in [-0.2, -0.15) is 0 Å². The molecule has 17 heavy (non-hydrogen) atoms. The van der Waals surface area contributed by atoms with E-state index in [0.717, 1.165) is 6.42 Å². The molecule has 1 aromatic rings. The van der Waals surface area contributed by atoms with Gasteiger partial charge in [0, 0.05) is 18.0 Å². The number of carbonyl (C=O) groups is 1. The molecule has 0 aliphatic rings. The number of alkyl halides is 1. The van der Waals surface area contributed by atoms with Crippen molar-refractivity contribution in [3.63, 3.8) is 0 Å². The van der Waals surface area contributed by atoms with Gasteiger partial charge >= 0.3 is 0 Å². The van der Waals surface area contributed by atoms with Gasteiger partial charge in [0.05, 0.1) is 5.69 Å². The zero-order chi connectivity index (χ0) is 13.1. The lowest BCUT2D eigenvalue weighted by molar-refractivity contribution is 0.0863. The van der Waals surface area contributed by atoms with E-state index >= 15 is 0 Å². The third-order valence-electron chi connectivity index (χ3n) is 2.60. The number of aryl methyl sites for hydroxylation is 1. The number of hydrogen-bond donors (Lipinski definition) is 1. The minimum absolute atomic E-state index is 0.0120. The molecular formula is C12H19ClN2O2. The zero-order valence-electron chi connectivity index (χ0n) is 10.7. The lowest BCUT2D eigenvalue weighted by atomic mass is 9.85. The molecule has 0 aliphatic heterocycles. The Morgan fingerprint density at radius 1 is 1.59 bits per heavy atom. The van der Waals surface area contributed by atoms with Gasteiger partial charge in [-0.25, -0.2) is 0 Å². The number of nitrogens with zero attached hydrogens (tertiary/aromatic N) is 1. The van der Waals surface area contributed by atoms with Gasteiger partial charge in [-0.15, -0.1) is 11.6 Å². The van der Waals surface area contributed by atoms with Crippen molar-refractivity contribution in [1.82, 2.24) is 10.5 Å². The summed E-state index contributed by atoms with van der Waals surface area (Å²) in [4.78, 5) is 11.9. The maximum atomic E-state index is 11.9. The van der Waals surface area contributed by atoms with E-state index in [4.69, 9.17) is 16.1 Å². The number of nitrogens with one attached hydrogen (secondary N) is 1. The Labute approximate surface area is 107 Å². The smallest absolute Gasteiger partial charge is 0.290 e. The standard InChI is InChI=1S/C12H19ClN2O2/c1-8-7-9(17-15-8)11(16)14-10(5-6-13)12(2,3)4/h7,10H,5-6H2,1-4H3,(H,14,16). The fourth-order valence-electron chi connectivity index (χ4n) is 1.53. The Hall–Kier alpha value is -1.03. The van der Waals surface area contributed by atoms with Crippen molar-refractivity contribution in [2.75, 3.05) is 5.88 Å². The average molecular weight is 259 g/mol. The molecule has 0 aromatic carbocycles. The summed E-state index contributed by atoms with van der Waals surface area (Å²) in [6, 6.07) is 1.63. The second-order valence-electron chi connectivity index (χ2n) is 5.20. The van der Waals surface area contributed by atoms with Gasteiger partial charge in [0.25, 0.3) is 5.91 Å². The summed E-state index contributed by atoms with van der Waals surface area (Å²) >= 11 is 5.75. The molecule has 1 N–H and O–H groups in total. The molecule has 5 heteroatoms. The number of hydrogen-bond acceptors (Lipinski definition) is 3. The quantitative estimate of drug-likeness (QED) is 0.845. The summed E-state index contributed by atoms with van der Waals surface area (Å²) in [5.74, 6) is 0.513. The zero-order valence-corrected chi connectivity index (χ0v) is 11.5. The van der Waals surface area contributed by atoms with Crippen molar-refractivity contribution in [2.45, 2.75) is 40.2 Å². The second kappa shape index (κ2) is 5.54. The van der Waals surface area contributed by atoms with Crippen molar-refractivity contribution >= 4 is 17.5 Å². The summed E-state index contributed by atoms with van der Waals surface area (Å²) in [7, 11) is 0. The molecule has 96 valence electrons. The van der Waals surface area contributed by atoms with Crippen molar-refractivity contribution in [1.29, 1.82) is 0 Å². The summed E-state index contributed by atoms with van der Waals surface area (Å²) in [6.45, 7) is 7.97. The Morgan fingerprint density at radius 3 is 2.65 bits per heavy atom. The highest BCUT2D eigenvalue weighted by molar-refractivity contribution is 6.17. The summed E-state index contributed by atoms with van der Waals surface area (Å²) < 4.78 is 4.92. The van der Waals surface area contributed by atoms with Crippen LogP contribution in [0.3, 0.4) is 0 Å². The molecule has 1 rings (SSSR count). The first-order chi connectivity index (χ1) is 7.84. The van der Waals surface area contributed by atoms with Gasteiger partial charge in [-0.3, -0.25) is 4.79 Å². The van der Waals surface area contributed by atoms with Crippen molar-refractivity contribution in [3.8, 4) is 0 Å². The summed E-state index contributed by atoms with van der Waals surface area (Å²) in [6.07, 6.45) is 0.726. The van der Waals surface area contributed by atoms with Crippen LogP contribution in [0, 0.1) is 12.3 Å². The first-order valence-electron chi connectivity index (χ1n) is 5.64. The van der Waals surface area contributed by atoms with Crippen LogP contribution in [0.5, 0.6) is 0 Å². The largest absolute Gasteiger partial charge is 0.351 e. The molecule has 1 heterocycles. The van der Waals surface area contributed by atoms with Crippen LogP contribution in [0.1, 0.15) is 43.4 Å². The van der Waals surface area contributed by atoms with E-state index in [1.807, 2.05) is 0 Å². The van der Waals surface area contributed by atoms with E-state index in [-0.39, 0.29) is 23.1 Å². The predicted molar refractivity (Wildman–Crippen MR) is 67.3 cm³/mol. The molecule has 0 aliphatic carbocycles. The number of aromatic nitrogens is 1. The van der Waals surface area contributed by atoms with Gasteiger partial charge in [0.1, 0.15) is 0 Å². The van der Waals surface area contributed by atoms with E-state index in [0.29, 0.717) is 11.6 Å². The van der Waals surface area contributed by atoms with E-state index in [1.165, 1.54) is 0 Å². The van der Waals surface area contributed by atoms with Gasteiger partial charge in [0.2, 0.25) is 5.76 Å². The molecule has 4 nitrogen and oxygen atoms in total. The monoisotopic (exact) mass is 258 g/mol. The number of amides is 1. The topological polar surface area (TPSA) is 55.1 Å². The molecule has 0 saturated carbocycles. The molecule has 1 amide bonds. The normalized spacial score (nSPS) is 13.5. The average Bonchev–Trinajstić information content (AvgIpc) is 2.62. The van der Waals surface area contributed by atoms with Crippen molar-refractivity contribution in [2.24, 2.45) is 5.41 Å². The van der Waals surface area contributed by atoms with Gasteiger partial charge < -0.3 is 9.84 Å². The fraction of sp³-hybridized carbons (Fsp3) is 0.667. The summed E-state index contributed by atoms with van der Waals surface area (Å²) in [5.41, 5.74) is 0.652. The van der Waals surface area contributed by atoms with Crippen LogP contribution < -0.4 is 5.32 Å². The van der Waals surface area contributed by atoms with E-state index in [9.17, 15) is 4.79 Å².